The number of rotatable bonds is 5. The molecule has 14 heavy (non-hydrogen) atoms. The van der Waals surface area contributed by atoms with Crippen LogP contribution in [0.15, 0.2) is 35.3 Å². The van der Waals surface area contributed by atoms with Gasteiger partial charge in [0.2, 0.25) is 0 Å². The van der Waals surface area contributed by atoms with Gasteiger partial charge in [-0.1, -0.05) is 37.3 Å². The van der Waals surface area contributed by atoms with Gasteiger partial charge in [0.15, 0.2) is 6.23 Å². The Morgan fingerprint density at radius 3 is 2.71 bits per heavy atom. The second-order valence-electron chi connectivity index (χ2n) is 2.85. The minimum absolute atomic E-state index is 0.298. The fourth-order valence-electron chi connectivity index (χ4n) is 1.10. The number of aliphatic imine (C=N–C) groups is 1. The van der Waals surface area contributed by atoms with E-state index in [4.69, 9.17) is 4.74 Å². The van der Waals surface area contributed by atoms with Gasteiger partial charge in [-0.05, 0) is 18.6 Å². The van der Waals surface area contributed by atoms with Crippen LogP contribution in [0, 0.1) is 0 Å². The third-order valence-corrected chi connectivity index (χ3v) is 1.84. The number of hydrogen-bond donors (Lipinski definition) is 0. The van der Waals surface area contributed by atoms with Crippen molar-refractivity contribution in [3.8, 4) is 0 Å². The minimum atomic E-state index is -0.298. The van der Waals surface area contributed by atoms with Crippen molar-refractivity contribution in [2.24, 2.45) is 4.99 Å². The van der Waals surface area contributed by atoms with Crippen molar-refractivity contribution in [3.63, 3.8) is 0 Å². The summed E-state index contributed by atoms with van der Waals surface area (Å²) in [6.45, 7) is 2.74. The van der Waals surface area contributed by atoms with E-state index in [1.54, 1.807) is 0 Å². The summed E-state index contributed by atoms with van der Waals surface area (Å²) in [5.74, 6) is 0. The third kappa shape index (κ3) is 3.38. The predicted octanol–water partition coefficient (Wildman–Crippen LogP) is 3.21. The molecule has 0 aliphatic heterocycles. The number of thiocarbonyl (C=S) groups is 1. The number of isothiocyanates is 1. The highest BCUT2D eigenvalue weighted by molar-refractivity contribution is 7.78. The highest BCUT2D eigenvalue weighted by atomic mass is 32.1. The van der Waals surface area contributed by atoms with Crippen molar-refractivity contribution < 1.29 is 4.74 Å². The lowest BCUT2D eigenvalue weighted by atomic mass is 10.2. The Balaban J connectivity index is 2.72. The molecule has 0 N–H and O–H groups in total. The van der Waals surface area contributed by atoms with Crippen LogP contribution in [0.4, 0.5) is 0 Å². The molecule has 0 heterocycles. The van der Waals surface area contributed by atoms with Crippen molar-refractivity contribution in [3.05, 3.63) is 35.9 Å². The predicted molar refractivity (Wildman–Crippen MR) is 60.5 cm³/mol. The fraction of sp³-hybridized carbons (Fsp3) is 0.364. The molecular formula is C11H13NOS. The summed E-state index contributed by atoms with van der Waals surface area (Å²) in [5.41, 5.74) is 1.01. The minimum Gasteiger partial charge on any atom is -0.351 e. The van der Waals surface area contributed by atoms with E-state index in [2.05, 4.69) is 29.3 Å². The Labute approximate surface area is 89.6 Å². The molecule has 0 spiro atoms. The van der Waals surface area contributed by atoms with Gasteiger partial charge in [0.25, 0.3) is 0 Å². The molecule has 74 valence electrons. The zero-order valence-corrected chi connectivity index (χ0v) is 8.96. The maximum atomic E-state index is 5.52. The number of ether oxygens (including phenoxy) is 1. The fourth-order valence-corrected chi connectivity index (χ4v) is 1.20. The van der Waals surface area contributed by atoms with E-state index in [9.17, 15) is 0 Å². The zero-order valence-electron chi connectivity index (χ0n) is 8.14. The average molecular weight is 207 g/mol. The van der Waals surface area contributed by atoms with E-state index in [0.717, 1.165) is 12.0 Å². The Morgan fingerprint density at radius 1 is 1.43 bits per heavy atom. The lowest BCUT2D eigenvalue weighted by Gasteiger charge is -2.11. The Bertz CT molecular complexity index is 306. The Morgan fingerprint density at radius 2 is 2.14 bits per heavy atom. The maximum Gasteiger partial charge on any atom is 0.183 e. The van der Waals surface area contributed by atoms with Gasteiger partial charge >= 0.3 is 0 Å². The molecule has 1 atom stereocenters. The normalized spacial score (nSPS) is 11.8. The summed E-state index contributed by atoms with van der Waals surface area (Å²) in [7, 11) is 0. The topological polar surface area (TPSA) is 21.6 Å². The molecule has 0 aliphatic carbocycles. The molecule has 0 saturated carbocycles. The molecule has 3 heteroatoms. The smallest absolute Gasteiger partial charge is 0.183 e. The van der Waals surface area contributed by atoms with Gasteiger partial charge in [0.1, 0.15) is 0 Å². The van der Waals surface area contributed by atoms with Crippen LogP contribution in [-0.2, 0) is 4.74 Å². The highest BCUT2D eigenvalue weighted by Crippen LogP contribution is 2.17. The van der Waals surface area contributed by atoms with Crippen LogP contribution in [0.3, 0.4) is 0 Å². The molecule has 0 radical (unpaired) electrons. The van der Waals surface area contributed by atoms with E-state index in [1.165, 1.54) is 0 Å². The number of hydrogen-bond acceptors (Lipinski definition) is 3. The summed E-state index contributed by atoms with van der Waals surface area (Å²) in [6.07, 6.45) is 0.671. The first-order valence-electron chi connectivity index (χ1n) is 4.62. The van der Waals surface area contributed by atoms with Crippen LogP contribution in [0.5, 0.6) is 0 Å². The lowest BCUT2D eigenvalue weighted by molar-refractivity contribution is 0.0601. The van der Waals surface area contributed by atoms with Gasteiger partial charge in [-0.3, -0.25) is 0 Å². The van der Waals surface area contributed by atoms with E-state index in [1.807, 2.05) is 30.3 Å². The summed E-state index contributed by atoms with van der Waals surface area (Å²) < 4.78 is 5.52. The molecule has 1 aromatic rings. The van der Waals surface area contributed by atoms with E-state index in [0.29, 0.717) is 6.61 Å². The molecule has 0 saturated heterocycles. The van der Waals surface area contributed by atoms with Crippen LogP contribution < -0.4 is 0 Å². The zero-order chi connectivity index (χ0) is 10.2. The molecule has 1 aromatic carbocycles. The van der Waals surface area contributed by atoms with Crippen LogP contribution in [-0.4, -0.2) is 11.8 Å². The molecule has 1 rings (SSSR count). The van der Waals surface area contributed by atoms with Crippen molar-refractivity contribution in [1.82, 2.24) is 0 Å². The second-order valence-corrected chi connectivity index (χ2v) is 3.04. The van der Waals surface area contributed by atoms with Gasteiger partial charge in [-0.15, -0.1) is 0 Å². The van der Waals surface area contributed by atoms with Crippen molar-refractivity contribution in [2.75, 3.05) is 6.61 Å². The first-order valence-corrected chi connectivity index (χ1v) is 5.03. The monoisotopic (exact) mass is 207 g/mol. The van der Waals surface area contributed by atoms with Crippen LogP contribution in [0.2, 0.25) is 0 Å². The van der Waals surface area contributed by atoms with Gasteiger partial charge < -0.3 is 4.74 Å². The van der Waals surface area contributed by atoms with Crippen LogP contribution in [0.25, 0.3) is 0 Å². The average Bonchev–Trinajstić information content (AvgIpc) is 2.25. The summed E-state index contributed by atoms with van der Waals surface area (Å²) in [6, 6.07) is 9.81. The van der Waals surface area contributed by atoms with Gasteiger partial charge in [-0.25, -0.2) is 0 Å². The van der Waals surface area contributed by atoms with Crippen molar-refractivity contribution in [1.29, 1.82) is 0 Å². The highest BCUT2D eigenvalue weighted by Gasteiger charge is 2.07. The Hall–Kier alpha value is -1.02. The number of benzene rings is 1. The molecule has 1 unspecified atom stereocenters. The summed E-state index contributed by atoms with van der Waals surface area (Å²) in [5, 5.41) is 2.36. The first-order chi connectivity index (χ1) is 6.88. The quantitative estimate of drug-likeness (QED) is 0.546. The van der Waals surface area contributed by atoms with Crippen LogP contribution >= 0.6 is 12.2 Å². The molecule has 0 fully saturated rings. The van der Waals surface area contributed by atoms with Crippen molar-refractivity contribution in [2.45, 2.75) is 19.6 Å². The van der Waals surface area contributed by atoms with Gasteiger partial charge in [-0.2, -0.15) is 4.99 Å². The van der Waals surface area contributed by atoms with Crippen molar-refractivity contribution >= 4 is 17.4 Å². The lowest BCUT2D eigenvalue weighted by Crippen LogP contribution is -2.02. The maximum absolute atomic E-state index is 5.52. The Kier molecular flexibility index (Phi) is 5.08. The van der Waals surface area contributed by atoms with Gasteiger partial charge in [0.05, 0.1) is 5.16 Å². The molecule has 0 aromatic heterocycles. The second kappa shape index (κ2) is 6.44. The van der Waals surface area contributed by atoms with Crippen LogP contribution in [0.1, 0.15) is 25.1 Å². The molecular weight excluding hydrogens is 194 g/mol. The third-order valence-electron chi connectivity index (χ3n) is 1.73. The SMILES string of the molecule is CCCOC(N=C=S)c1ccccc1. The van der Waals surface area contributed by atoms with E-state index in [-0.39, 0.29) is 6.23 Å². The molecule has 0 bridgehead atoms. The first kappa shape index (κ1) is 11.1. The molecule has 2 nitrogen and oxygen atoms in total. The molecule has 0 aliphatic rings. The summed E-state index contributed by atoms with van der Waals surface area (Å²) in [4.78, 5) is 3.97. The van der Waals surface area contributed by atoms with E-state index >= 15 is 0 Å². The summed E-state index contributed by atoms with van der Waals surface area (Å²) >= 11 is 4.58. The van der Waals surface area contributed by atoms with Gasteiger partial charge in [0, 0.05) is 12.2 Å². The van der Waals surface area contributed by atoms with E-state index < -0.39 is 0 Å². The standard InChI is InChI=1S/C11H13NOS/c1-2-8-13-11(12-9-14)10-6-4-3-5-7-10/h3-7,11H,2,8H2,1H3. The number of nitrogens with zero attached hydrogens (tertiary/aromatic N) is 1. The largest absolute Gasteiger partial charge is 0.351 e. The molecule has 0 amide bonds.